The molecule has 17 nitrogen and oxygen atoms in total. The number of aliphatic hydroxyl groups is 1. The van der Waals surface area contributed by atoms with Crippen LogP contribution in [0.25, 0.3) is 0 Å². The summed E-state index contributed by atoms with van der Waals surface area (Å²) in [5, 5.41) is 10.6. The molecule has 0 saturated heterocycles. The van der Waals surface area contributed by atoms with E-state index in [-0.39, 0.29) is 25.7 Å². The summed E-state index contributed by atoms with van der Waals surface area (Å²) in [6, 6.07) is 0. The molecule has 0 aromatic heterocycles. The number of ether oxygens (including phenoxy) is 4. The van der Waals surface area contributed by atoms with Crippen LogP contribution in [0, 0.1) is 23.7 Å². The van der Waals surface area contributed by atoms with Gasteiger partial charge in [0.15, 0.2) is 12.2 Å². The van der Waals surface area contributed by atoms with Crippen molar-refractivity contribution in [3.63, 3.8) is 0 Å². The molecule has 0 heterocycles. The Hall–Kier alpha value is -1.94. The van der Waals surface area contributed by atoms with Gasteiger partial charge in [-0.1, -0.05) is 325 Å². The topological polar surface area (TPSA) is 237 Å². The van der Waals surface area contributed by atoms with Crippen LogP contribution >= 0.6 is 15.6 Å². The summed E-state index contributed by atoms with van der Waals surface area (Å²) >= 11 is 0. The minimum atomic E-state index is -4.96. The number of hydrogen-bond donors (Lipinski definition) is 3. The van der Waals surface area contributed by atoms with E-state index in [1.165, 1.54) is 173 Å². The van der Waals surface area contributed by atoms with Crippen LogP contribution in [0.3, 0.4) is 0 Å². The fourth-order valence-corrected chi connectivity index (χ4v) is 12.9. The zero-order valence-electron chi connectivity index (χ0n) is 61.6. The molecule has 0 fully saturated rings. The SMILES string of the molecule is CCC(C)CCCCCCCCCCC(=O)OC[C@H](COP(=O)(O)OCC(O)COP(=O)(O)OC[C@@H](COC(=O)CCCCCCCCCC(C)C)OC(=O)CCCCCCCCCCCCCCCC(C)C)OC(=O)CCCCCCCCCCCCCCCC(C)C. The smallest absolute Gasteiger partial charge is 0.462 e. The van der Waals surface area contributed by atoms with Gasteiger partial charge in [-0.05, 0) is 49.4 Å². The molecular weight excluding hydrogens is 1230 g/mol. The van der Waals surface area contributed by atoms with Gasteiger partial charge in [-0.3, -0.25) is 37.3 Å². The van der Waals surface area contributed by atoms with Crippen molar-refractivity contribution < 1.29 is 80.2 Å². The zero-order valence-corrected chi connectivity index (χ0v) is 63.4. The Morgan fingerprint density at radius 2 is 0.511 bits per heavy atom. The van der Waals surface area contributed by atoms with Crippen LogP contribution in [-0.2, 0) is 65.4 Å². The number of carbonyl (C=O) groups is 4. The molecule has 6 atom stereocenters. The van der Waals surface area contributed by atoms with Gasteiger partial charge >= 0.3 is 39.5 Å². The molecule has 3 N–H and O–H groups in total. The molecule has 0 saturated carbocycles. The molecule has 0 amide bonds. The standard InChI is InChI=1S/C75H146O17P2/c1-9-68(8)54-46-38-30-24-25-31-39-47-55-72(77)85-61-70(91-74(79)57-49-41-32-22-18-14-10-12-16-20-27-35-43-51-65(2)3)63-89-93(81,82)87-59-69(76)60-88-94(83,84)90-64-71(62-86-73(78)56-48-40-34-26-29-37-45-53-67(6)7)92-75(80)58-50-42-33-23-19-15-11-13-17-21-28-36-44-52-66(4)5/h65-71,76H,9-64H2,1-8H3,(H,81,82)(H,83,84)/t68?,69?,70-,71-/m1/s1. The molecule has 94 heavy (non-hydrogen) atoms. The summed E-state index contributed by atoms with van der Waals surface area (Å²) in [4.78, 5) is 72.8. The van der Waals surface area contributed by atoms with Gasteiger partial charge < -0.3 is 33.8 Å². The minimum Gasteiger partial charge on any atom is -0.462 e. The highest BCUT2D eigenvalue weighted by molar-refractivity contribution is 7.47. The van der Waals surface area contributed by atoms with Crippen LogP contribution in [0.1, 0.15) is 376 Å². The van der Waals surface area contributed by atoms with E-state index in [1.807, 2.05) is 0 Å². The highest BCUT2D eigenvalue weighted by atomic mass is 31.2. The van der Waals surface area contributed by atoms with Crippen LogP contribution in [0.15, 0.2) is 0 Å². The first-order valence-electron chi connectivity index (χ1n) is 38.7. The Kier molecular flexibility index (Phi) is 63.1. The van der Waals surface area contributed by atoms with Crippen LogP contribution in [0.2, 0.25) is 0 Å². The summed E-state index contributed by atoms with van der Waals surface area (Å²) in [5.41, 5.74) is 0. The predicted octanol–water partition coefficient (Wildman–Crippen LogP) is 21.7. The molecule has 0 spiro atoms. The lowest BCUT2D eigenvalue weighted by atomic mass is 9.99. The number of unbranched alkanes of at least 4 members (excludes halogenated alkanes) is 37. The van der Waals surface area contributed by atoms with E-state index in [2.05, 4.69) is 55.4 Å². The van der Waals surface area contributed by atoms with Gasteiger partial charge in [0.05, 0.1) is 26.4 Å². The first kappa shape index (κ1) is 92.1. The third-order valence-electron chi connectivity index (χ3n) is 17.7. The Balaban J connectivity index is 5.25. The molecule has 0 aliphatic rings. The Morgan fingerprint density at radius 3 is 0.755 bits per heavy atom. The summed E-state index contributed by atoms with van der Waals surface area (Å²) < 4.78 is 68.5. The lowest BCUT2D eigenvalue weighted by molar-refractivity contribution is -0.161. The number of phosphoric acid groups is 2. The summed E-state index contributed by atoms with van der Waals surface area (Å²) in [6.07, 6.45) is 48.5. The molecule has 0 aromatic carbocycles. The number of carbonyl (C=O) groups excluding carboxylic acids is 4. The molecule has 0 bridgehead atoms. The lowest BCUT2D eigenvalue weighted by Gasteiger charge is -2.21. The summed E-state index contributed by atoms with van der Waals surface area (Å²) in [6.45, 7) is 14.2. The monoisotopic (exact) mass is 1380 g/mol. The van der Waals surface area contributed by atoms with E-state index in [0.29, 0.717) is 31.6 Å². The Morgan fingerprint density at radius 1 is 0.298 bits per heavy atom. The number of rotatable bonds is 72. The molecule has 4 unspecified atom stereocenters. The maximum Gasteiger partial charge on any atom is 0.472 e. The zero-order chi connectivity index (χ0) is 69.6. The molecule has 0 aliphatic heterocycles. The first-order chi connectivity index (χ1) is 45.1. The number of aliphatic hydroxyl groups excluding tert-OH is 1. The fraction of sp³-hybridized carbons (Fsp3) is 0.947. The van der Waals surface area contributed by atoms with Gasteiger partial charge in [0, 0.05) is 25.7 Å². The summed E-state index contributed by atoms with van der Waals surface area (Å²) in [5.74, 6) is 0.933. The average molecular weight is 1380 g/mol. The van der Waals surface area contributed by atoms with E-state index in [0.717, 1.165) is 114 Å². The third kappa shape index (κ3) is 67.3. The Labute approximate surface area is 575 Å². The molecule has 558 valence electrons. The second kappa shape index (κ2) is 64.4. The second-order valence-corrected chi connectivity index (χ2v) is 31.6. The van der Waals surface area contributed by atoms with Gasteiger partial charge in [0.25, 0.3) is 0 Å². The number of esters is 4. The number of phosphoric ester groups is 2. The van der Waals surface area contributed by atoms with Crippen LogP contribution < -0.4 is 0 Å². The molecule has 0 radical (unpaired) electrons. The maximum atomic E-state index is 13.1. The second-order valence-electron chi connectivity index (χ2n) is 28.7. The first-order valence-corrected chi connectivity index (χ1v) is 41.7. The highest BCUT2D eigenvalue weighted by Gasteiger charge is 2.30. The minimum absolute atomic E-state index is 0.106. The van der Waals surface area contributed by atoms with Gasteiger partial charge in [0.1, 0.15) is 19.3 Å². The maximum absolute atomic E-state index is 13.1. The highest BCUT2D eigenvalue weighted by Crippen LogP contribution is 2.45. The van der Waals surface area contributed by atoms with Crippen molar-refractivity contribution >= 4 is 39.5 Å². The van der Waals surface area contributed by atoms with Crippen molar-refractivity contribution in [2.75, 3.05) is 39.6 Å². The lowest BCUT2D eigenvalue weighted by Crippen LogP contribution is -2.30. The normalized spacial score (nSPS) is 14.4. The number of hydrogen-bond acceptors (Lipinski definition) is 15. The van der Waals surface area contributed by atoms with E-state index in [4.69, 9.17) is 37.0 Å². The van der Waals surface area contributed by atoms with Crippen LogP contribution in [0.5, 0.6) is 0 Å². The Bertz CT molecular complexity index is 1850. The van der Waals surface area contributed by atoms with Crippen molar-refractivity contribution in [2.45, 2.75) is 395 Å². The molecule has 19 heteroatoms. The third-order valence-corrected chi connectivity index (χ3v) is 19.6. The molecule has 0 aromatic rings. The van der Waals surface area contributed by atoms with Gasteiger partial charge in [-0.25, -0.2) is 9.13 Å². The quantitative estimate of drug-likeness (QED) is 0.0222. The van der Waals surface area contributed by atoms with E-state index >= 15 is 0 Å². The van der Waals surface area contributed by atoms with Gasteiger partial charge in [-0.15, -0.1) is 0 Å². The predicted molar refractivity (Wildman–Crippen MR) is 381 cm³/mol. The largest absolute Gasteiger partial charge is 0.472 e. The van der Waals surface area contributed by atoms with Gasteiger partial charge in [-0.2, -0.15) is 0 Å². The summed E-state index contributed by atoms with van der Waals surface area (Å²) in [7, 11) is -9.91. The van der Waals surface area contributed by atoms with Crippen molar-refractivity contribution in [1.82, 2.24) is 0 Å². The van der Waals surface area contributed by atoms with E-state index < -0.39 is 97.5 Å². The van der Waals surface area contributed by atoms with E-state index in [1.54, 1.807) is 0 Å². The average Bonchev–Trinajstić information content (AvgIpc) is 2.42. The van der Waals surface area contributed by atoms with E-state index in [9.17, 15) is 43.2 Å². The van der Waals surface area contributed by atoms with Crippen LogP contribution in [-0.4, -0.2) is 96.7 Å². The molecular formula is C75H146O17P2. The van der Waals surface area contributed by atoms with Crippen molar-refractivity contribution in [3.05, 3.63) is 0 Å². The van der Waals surface area contributed by atoms with Crippen molar-refractivity contribution in [1.29, 1.82) is 0 Å². The van der Waals surface area contributed by atoms with Crippen molar-refractivity contribution in [3.8, 4) is 0 Å². The molecule has 0 rings (SSSR count). The fourth-order valence-electron chi connectivity index (χ4n) is 11.3. The van der Waals surface area contributed by atoms with Gasteiger partial charge in [0.2, 0.25) is 0 Å². The van der Waals surface area contributed by atoms with Crippen LogP contribution in [0.4, 0.5) is 0 Å². The molecule has 0 aliphatic carbocycles. The van der Waals surface area contributed by atoms with Crippen molar-refractivity contribution in [2.24, 2.45) is 23.7 Å².